The molecule has 0 saturated heterocycles. The lowest BCUT2D eigenvalue weighted by atomic mass is 10.0. The molecule has 2 nitrogen and oxygen atoms in total. The van der Waals surface area contributed by atoms with Gasteiger partial charge < -0.3 is 9.30 Å². The molecule has 2 heteroatoms. The molecule has 32 heavy (non-hydrogen) atoms. The fraction of sp³-hybridized carbons (Fsp3) is 0. The lowest BCUT2D eigenvalue weighted by molar-refractivity contribution is 0.483. The van der Waals surface area contributed by atoms with Crippen LogP contribution in [0.3, 0.4) is 0 Å². The Kier molecular flexibility index (Phi) is 4.47. The number of aromatic nitrogens is 1. The van der Waals surface area contributed by atoms with Crippen LogP contribution < -0.4 is 4.74 Å². The Morgan fingerprint density at radius 1 is 0.438 bits per heavy atom. The number of fused-ring (bicyclic) bond motifs is 3. The molecular formula is C30H21NO. The maximum absolute atomic E-state index is 5.95. The zero-order chi connectivity index (χ0) is 21.3. The molecule has 1 heterocycles. The van der Waals surface area contributed by atoms with Gasteiger partial charge in [-0.15, -0.1) is 0 Å². The van der Waals surface area contributed by atoms with Crippen molar-refractivity contribution in [3.05, 3.63) is 127 Å². The van der Waals surface area contributed by atoms with Gasteiger partial charge in [-0.3, -0.25) is 0 Å². The van der Waals surface area contributed by atoms with Crippen LogP contribution in [-0.2, 0) is 0 Å². The number of benzene rings is 5. The normalized spacial score (nSPS) is 11.1. The fourth-order valence-corrected chi connectivity index (χ4v) is 4.35. The predicted molar refractivity (Wildman–Crippen MR) is 133 cm³/mol. The van der Waals surface area contributed by atoms with Gasteiger partial charge in [0.2, 0.25) is 0 Å². The van der Waals surface area contributed by atoms with Crippen LogP contribution in [0.4, 0.5) is 0 Å². The summed E-state index contributed by atoms with van der Waals surface area (Å²) in [6.45, 7) is 0. The number of ether oxygens (including phenoxy) is 1. The highest BCUT2D eigenvalue weighted by molar-refractivity contribution is 6.10. The molecule has 152 valence electrons. The maximum Gasteiger partial charge on any atom is 0.127 e. The van der Waals surface area contributed by atoms with E-state index in [1.54, 1.807) is 0 Å². The Labute approximate surface area is 186 Å². The molecule has 0 N–H and O–H groups in total. The van der Waals surface area contributed by atoms with E-state index >= 15 is 0 Å². The van der Waals surface area contributed by atoms with Crippen molar-refractivity contribution in [1.29, 1.82) is 0 Å². The van der Waals surface area contributed by atoms with Gasteiger partial charge in [0.05, 0.1) is 11.0 Å². The third kappa shape index (κ3) is 3.23. The average Bonchev–Trinajstić information content (AvgIpc) is 3.19. The quantitative estimate of drug-likeness (QED) is 0.285. The Morgan fingerprint density at radius 2 is 1.03 bits per heavy atom. The summed E-state index contributed by atoms with van der Waals surface area (Å²) < 4.78 is 8.28. The molecule has 6 rings (SSSR count). The molecule has 0 radical (unpaired) electrons. The molecule has 0 saturated carbocycles. The molecule has 1 aromatic heterocycles. The largest absolute Gasteiger partial charge is 0.457 e. The van der Waals surface area contributed by atoms with Crippen molar-refractivity contribution in [2.24, 2.45) is 0 Å². The van der Waals surface area contributed by atoms with E-state index in [1.165, 1.54) is 38.6 Å². The van der Waals surface area contributed by atoms with Crippen LogP contribution in [0.2, 0.25) is 0 Å². The second kappa shape index (κ2) is 7.75. The van der Waals surface area contributed by atoms with Gasteiger partial charge in [-0.2, -0.15) is 0 Å². The second-order valence-electron chi connectivity index (χ2n) is 7.86. The molecule has 0 aliphatic heterocycles. The molecular weight excluding hydrogens is 390 g/mol. The summed E-state index contributed by atoms with van der Waals surface area (Å²) in [5, 5.41) is 2.52. The molecule has 0 aliphatic carbocycles. The first-order valence-corrected chi connectivity index (χ1v) is 10.8. The molecule has 0 aliphatic rings. The zero-order valence-corrected chi connectivity index (χ0v) is 17.5. The van der Waals surface area contributed by atoms with Crippen molar-refractivity contribution in [2.45, 2.75) is 0 Å². The van der Waals surface area contributed by atoms with Crippen molar-refractivity contribution in [3.8, 4) is 28.3 Å². The third-order valence-corrected chi connectivity index (χ3v) is 5.85. The number of nitrogens with zero attached hydrogens (tertiary/aromatic N) is 1. The van der Waals surface area contributed by atoms with E-state index in [4.69, 9.17) is 4.74 Å². The molecule has 0 amide bonds. The molecule has 0 spiro atoms. The Bertz CT molecular complexity index is 1510. The first-order chi connectivity index (χ1) is 15.9. The molecule has 0 bridgehead atoms. The number of para-hydroxylation sites is 3. The minimum Gasteiger partial charge on any atom is -0.457 e. The monoisotopic (exact) mass is 411 g/mol. The number of rotatable bonds is 4. The van der Waals surface area contributed by atoms with E-state index in [-0.39, 0.29) is 0 Å². The van der Waals surface area contributed by atoms with Gasteiger partial charge in [-0.25, -0.2) is 0 Å². The van der Waals surface area contributed by atoms with Crippen LogP contribution >= 0.6 is 0 Å². The lowest BCUT2D eigenvalue weighted by Gasteiger charge is -2.09. The van der Waals surface area contributed by atoms with Gasteiger partial charge in [0.1, 0.15) is 11.5 Å². The number of hydrogen-bond acceptors (Lipinski definition) is 1. The summed E-state index contributed by atoms with van der Waals surface area (Å²) in [4.78, 5) is 0. The van der Waals surface area contributed by atoms with Gasteiger partial charge in [-0.05, 0) is 65.7 Å². The molecule has 5 aromatic carbocycles. The van der Waals surface area contributed by atoms with E-state index in [9.17, 15) is 0 Å². The van der Waals surface area contributed by atoms with Crippen molar-refractivity contribution >= 4 is 21.8 Å². The van der Waals surface area contributed by atoms with E-state index in [0.29, 0.717) is 0 Å². The van der Waals surface area contributed by atoms with Crippen molar-refractivity contribution in [3.63, 3.8) is 0 Å². The van der Waals surface area contributed by atoms with Crippen LogP contribution in [0.1, 0.15) is 0 Å². The van der Waals surface area contributed by atoms with E-state index in [2.05, 4.69) is 89.5 Å². The first-order valence-electron chi connectivity index (χ1n) is 10.8. The van der Waals surface area contributed by atoms with Crippen LogP contribution in [-0.4, -0.2) is 4.57 Å². The van der Waals surface area contributed by atoms with Crippen LogP contribution in [0, 0.1) is 0 Å². The highest BCUT2D eigenvalue weighted by atomic mass is 16.5. The molecule has 0 unspecified atom stereocenters. The van der Waals surface area contributed by atoms with E-state index in [1.807, 2.05) is 42.5 Å². The molecule has 0 atom stereocenters. The summed E-state index contributed by atoms with van der Waals surface area (Å²) in [5.74, 6) is 1.68. The van der Waals surface area contributed by atoms with E-state index in [0.717, 1.165) is 11.5 Å². The van der Waals surface area contributed by atoms with Gasteiger partial charge in [0.15, 0.2) is 0 Å². The standard InChI is InChI=1S/C30H21NO/c1-3-9-24(10-4-1)31-29-14-8-7-13-27(29)28-21-23(17-20-30(28)31)22-15-18-26(19-16-22)32-25-11-5-2-6-12-25/h1-21H. The van der Waals surface area contributed by atoms with Crippen LogP contribution in [0.25, 0.3) is 38.6 Å². The Balaban J connectivity index is 1.43. The van der Waals surface area contributed by atoms with Crippen molar-refractivity contribution in [1.82, 2.24) is 4.57 Å². The summed E-state index contributed by atoms with van der Waals surface area (Å²) in [5.41, 5.74) is 5.97. The van der Waals surface area contributed by atoms with Gasteiger partial charge in [0.25, 0.3) is 0 Å². The van der Waals surface area contributed by atoms with Crippen molar-refractivity contribution < 1.29 is 4.74 Å². The number of hydrogen-bond donors (Lipinski definition) is 0. The molecule has 6 aromatic rings. The van der Waals surface area contributed by atoms with Gasteiger partial charge >= 0.3 is 0 Å². The minimum atomic E-state index is 0.835. The SMILES string of the molecule is c1ccc(Oc2ccc(-c3ccc4c(c3)c3ccccc3n4-c3ccccc3)cc2)cc1. The Hall–Kier alpha value is -4.30. The first kappa shape index (κ1) is 18.5. The highest BCUT2D eigenvalue weighted by Gasteiger charge is 2.12. The van der Waals surface area contributed by atoms with Gasteiger partial charge in [0, 0.05) is 16.5 Å². The predicted octanol–water partition coefficient (Wildman–Crippen LogP) is 8.24. The average molecular weight is 412 g/mol. The lowest BCUT2D eigenvalue weighted by Crippen LogP contribution is -1.92. The summed E-state index contributed by atoms with van der Waals surface area (Å²) in [6.07, 6.45) is 0. The highest BCUT2D eigenvalue weighted by Crippen LogP contribution is 2.35. The fourth-order valence-electron chi connectivity index (χ4n) is 4.35. The summed E-state index contributed by atoms with van der Waals surface area (Å²) >= 11 is 0. The van der Waals surface area contributed by atoms with Crippen LogP contribution in [0.5, 0.6) is 11.5 Å². The Morgan fingerprint density at radius 3 is 1.81 bits per heavy atom. The zero-order valence-electron chi connectivity index (χ0n) is 17.5. The maximum atomic E-state index is 5.95. The van der Waals surface area contributed by atoms with E-state index < -0.39 is 0 Å². The topological polar surface area (TPSA) is 14.2 Å². The minimum absolute atomic E-state index is 0.835. The van der Waals surface area contributed by atoms with Crippen LogP contribution in [0.15, 0.2) is 127 Å². The second-order valence-corrected chi connectivity index (χ2v) is 7.86. The summed E-state index contributed by atoms with van der Waals surface area (Å²) in [6, 6.07) is 44.0. The summed E-state index contributed by atoms with van der Waals surface area (Å²) in [7, 11) is 0. The smallest absolute Gasteiger partial charge is 0.127 e. The molecule has 0 fully saturated rings. The third-order valence-electron chi connectivity index (χ3n) is 5.85. The van der Waals surface area contributed by atoms with Crippen molar-refractivity contribution in [2.75, 3.05) is 0 Å². The van der Waals surface area contributed by atoms with Gasteiger partial charge in [-0.1, -0.05) is 72.8 Å².